The standard InChI is InChI=1S/C14H18ClNO4/c1-3-11(7-14(18)19)16-13(17)8-20-12-5-4-10(15)6-9(12)2/h4-6,11H,3,7-8H2,1-2H3,(H,16,17)(H,18,19). The van der Waals surface area contributed by atoms with Crippen molar-refractivity contribution in [2.75, 3.05) is 6.61 Å². The number of hydrogen-bond donors (Lipinski definition) is 2. The summed E-state index contributed by atoms with van der Waals surface area (Å²) >= 11 is 5.83. The number of aryl methyl sites for hydroxylation is 1. The van der Waals surface area contributed by atoms with Crippen molar-refractivity contribution >= 4 is 23.5 Å². The lowest BCUT2D eigenvalue weighted by atomic mass is 10.1. The maximum atomic E-state index is 11.7. The first-order valence-electron chi connectivity index (χ1n) is 6.32. The number of carbonyl (C=O) groups is 2. The van der Waals surface area contributed by atoms with Crippen LogP contribution in [0.15, 0.2) is 18.2 Å². The summed E-state index contributed by atoms with van der Waals surface area (Å²) in [5.41, 5.74) is 0.836. The van der Waals surface area contributed by atoms with Crippen LogP contribution in [0.2, 0.25) is 5.02 Å². The van der Waals surface area contributed by atoms with Crippen LogP contribution in [0.5, 0.6) is 5.75 Å². The highest BCUT2D eigenvalue weighted by Gasteiger charge is 2.14. The summed E-state index contributed by atoms with van der Waals surface area (Å²) in [5, 5.41) is 11.9. The molecule has 0 aromatic heterocycles. The molecule has 6 heteroatoms. The number of amides is 1. The Labute approximate surface area is 122 Å². The second-order valence-electron chi connectivity index (χ2n) is 4.47. The molecule has 0 spiro atoms. The molecule has 1 aromatic rings. The predicted molar refractivity (Wildman–Crippen MR) is 76.2 cm³/mol. The molecule has 0 heterocycles. The monoisotopic (exact) mass is 299 g/mol. The van der Waals surface area contributed by atoms with E-state index in [1.807, 2.05) is 13.8 Å². The molecule has 1 amide bonds. The molecule has 0 aliphatic rings. The first-order chi connectivity index (χ1) is 9.42. The summed E-state index contributed by atoms with van der Waals surface area (Å²) in [6.07, 6.45) is 0.459. The van der Waals surface area contributed by atoms with Gasteiger partial charge < -0.3 is 15.2 Å². The van der Waals surface area contributed by atoms with Crippen LogP contribution in [0.4, 0.5) is 0 Å². The van der Waals surface area contributed by atoms with Gasteiger partial charge in [-0.15, -0.1) is 0 Å². The average molecular weight is 300 g/mol. The number of benzene rings is 1. The summed E-state index contributed by atoms with van der Waals surface area (Å²) in [6.45, 7) is 3.50. The van der Waals surface area contributed by atoms with Gasteiger partial charge in [0.05, 0.1) is 6.42 Å². The van der Waals surface area contributed by atoms with Gasteiger partial charge in [-0.3, -0.25) is 9.59 Å². The summed E-state index contributed by atoms with van der Waals surface area (Å²) in [6, 6.07) is 4.74. The minimum Gasteiger partial charge on any atom is -0.484 e. The molecule has 0 aliphatic carbocycles. The molecule has 0 saturated carbocycles. The zero-order valence-corrected chi connectivity index (χ0v) is 12.2. The molecular formula is C14H18ClNO4. The van der Waals surface area contributed by atoms with Gasteiger partial charge in [0.1, 0.15) is 5.75 Å². The Morgan fingerprint density at radius 3 is 2.70 bits per heavy atom. The smallest absolute Gasteiger partial charge is 0.305 e. The SMILES string of the molecule is CCC(CC(=O)O)NC(=O)COc1ccc(Cl)cc1C. The highest BCUT2D eigenvalue weighted by molar-refractivity contribution is 6.30. The van der Waals surface area contributed by atoms with Crippen molar-refractivity contribution in [1.29, 1.82) is 0 Å². The lowest BCUT2D eigenvalue weighted by molar-refractivity contribution is -0.137. The topological polar surface area (TPSA) is 75.6 Å². The normalized spacial score (nSPS) is 11.8. The molecule has 5 nitrogen and oxygen atoms in total. The fourth-order valence-corrected chi connectivity index (χ4v) is 1.92. The highest BCUT2D eigenvalue weighted by atomic mass is 35.5. The number of nitrogens with one attached hydrogen (secondary N) is 1. The Morgan fingerprint density at radius 2 is 2.15 bits per heavy atom. The molecule has 0 bridgehead atoms. The molecule has 0 aliphatic heterocycles. The van der Waals surface area contributed by atoms with Crippen LogP contribution in [0.25, 0.3) is 0 Å². The minimum atomic E-state index is -0.938. The van der Waals surface area contributed by atoms with E-state index in [0.29, 0.717) is 17.2 Å². The van der Waals surface area contributed by atoms with Crippen LogP contribution in [0, 0.1) is 6.92 Å². The first kappa shape index (κ1) is 16.3. The van der Waals surface area contributed by atoms with Crippen LogP contribution in [0.3, 0.4) is 0 Å². The molecule has 1 unspecified atom stereocenters. The van der Waals surface area contributed by atoms with Crippen LogP contribution in [-0.2, 0) is 9.59 Å². The van der Waals surface area contributed by atoms with E-state index in [2.05, 4.69) is 5.32 Å². The maximum absolute atomic E-state index is 11.7. The van der Waals surface area contributed by atoms with Crippen LogP contribution in [0.1, 0.15) is 25.3 Å². The number of carboxylic acids is 1. The Morgan fingerprint density at radius 1 is 1.45 bits per heavy atom. The van der Waals surface area contributed by atoms with Crippen molar-refractivity contribution in [3.8, 4) is 5.75 Å². The number of hydrogen-bond acceptors (Lipinski definition) is 3. The Kier molecular flexibility index (Phi) is 6.31. The number of carbonyl (C=O) groups excluding carboxylic acids is 1. The van der Waals surface area contributed by atoms with Gasteiger partial charge in [-0.2, -0.15) is 0 Å². The van der Waals surface area contributed by atoms with Crippen molar-refractivity contribution in [2.45, 2.75) is 32.7 Å². The predicted octanol–water partition coefficient (Wildman–Crippen LogP) is 2.40. The van der Waals surface area contributed by atoms with E-state index < -0.39 is 5.97 Å². The number of halogens is 1. The van der Waals surface area contributed by atoms with Crippen molar-refractivity contribution in [3.05, 3.63) is 28.8 Å². The second-order valence-corrected chi connectivity index (χ2v) is 4.91. The van der Waals surface area contributed by atoms with Gasteiger partial charge in [0.25, 0.3) is 5.91 Å². The number of ether oxygens (including phenoxy) is 1. The quantitative estimate of drug-likeness (QED) is 0.810. The molecule has 0 radical (unpaired) electrons. The average Bonchev–Trinajstić information content (AvgIpc) is 2.36. The highest BCUT2D eigenvalue weighted by Crippen LogP contribution is 2.21. The molecular weight excluding hydrogens is 282 g/mol. The van der Waals surface area contributed by atoms with E-state index in [-0.39, 0.29) is 25.0 Å². The van der Waals surface area contributed by atoms with Gasteiger partial charge in [-0.1, -0.05) is 18.5 Å². The molecule has 1 atom stereocenters. The Bertz CT molecular complexity index is 490. The summed E-state index contributed by atoms with van der Waals surface area (Å²) in [4.78, 5) is 22.3. The van der Waals surface area contributed by atoms with Crippen molar-refractivity contribution in [1.82, 2.24) is 5.32 Å². The van der Waals surface area contributed by atoms with Crippen molar-refractivity contribution in [3.63, 3.8) is 0 Å². The first-order valence-corrected chi connectivity index (χ1v) is 6.70. The maximum Gasteiger partial charge on any atom is 0.305 e. The summed E-state index contributed by atoms with van der Waals surface area (Å²) in [5.74, 6) is -0.699. The van der Waals surface area contributed by atoms with Gasteiger partial charge in [-0.05, 0) is 37.1 Å². The molecule has 110 valence electrons. The van der Waals surface area contributed by atoms with Crippen LogP contribution < -0.4 is 10.1 Å². The van der Waals surface area contributed by atoms with Crippen molar-refractivity contribution < 1.29 is 19.4 Å². The van der Waals surface area contributed by atoms with Gasteiger partial charge in [-0.25, -0.2) is 0 Å². The van der Waals surface area contributed by atoms with Crippen LogP contribution in [-0.4, -0.2) is 29.6 Å². The summed E-state index contributed by atoms with van der Waals surface area (Å²) in [7, 11) is 0. The van der Waals surface area contributed by atoms with Gasteiger partial charge in [0, 0.05) is 11.1 Å². The van der Waals surface area contributed by atoms with Crippen LogP contribution >= 0.6 is 11.6 Å². The summed E-state index contributed by atoms with van der Waals surface area (Å²) < 4.78 is 5.39. The fourth-order valence-electron chi connectivity index (χ4n) is 1.70. The zero-order chi connectivity index (χ0) is 15.1. The van der Waals surface area contributed by atoms with Gasteiger partial charge in [0.15, 0.2) is 6.61 Å². The molecule has 1 rings (SSSR count). The molecule has 2 N–H and O–H groups in total. The Balaban J connectivity index is 2.48. The minimum absolute atomic E-state index is 0.0950. The fraction of sp³-hybridized carbons (Fsp3) is 0.429. The van der Waals surface area contributed by atoms with E-state index in [0.717, 1.165) is 5.56 Å². The lowest BCUT2D eigenvalue weighted by Crippen LogP contribution is -2.38. The Hall–Kier alpha value is -1.75. The van der Waals surface area contributed by atoms with E-state index in [9.17, 15) is 9.59 Å². The third-order valence-corrected chi connectivity index (χ3v) is 3.01. The van der Waals surface area contributed by atoms with Crippen molar-refractivity contribution in [2.24, 2.45) is 0 Å². The number of rotatable bonds is 7. The van der Waals surface area contributed by atoms with E-state index >= 15 is 0 Å². The van der Waals surface area contributed by atoms with Gasteiger partial charge >= 0.3 is 5.97 Å². The molecule has 20 heavy (non-hydrogen) atoms. The van der Waals surface area contributed by atoms with Gasteiger partial charge in [0.2, 0.25) is 0 Å². The molecule has 0 saturated heterocycles. The second kappa shape index (κ2) is 7.75. The van der Waals surface area contributed by atoms with E-state index in [4.69, 9.17) is 21.4 Å². The number of carboxylic acid groups (broad SMARTS) is 1. The molecule has 1 aromatic carbocycles. The molecule has 0 fully saturated rings. The zero-order valence-electron chi connectivity index (χ0n) is 11.5. The largest absolute Gasteiger partial charge is 0.484 e. The van der Waals surface area contributed by atoms with E-state index in [1.165, 1.54) is 0 Å². The van der Waals surface area contributed by atoms with E-state index in [1.54, 1.807) is 18.2 Å². The number of aliphatic carboxylic acids is 1. The third-order valence-electron chi connectivity index (χ3n) is 2.77. The lowest BCUT2D eigenvalue weighted by Gasteiger charge is -2.15. The third kappa shape index (κ3) is 5.48.